The molecule has 12 heteroatoms. The highest BCUT2D eigenvalue weighted by atomic mass is 35.5. The predicted octanol–water partition coefficient (Wildman–Crippen LogP) is 6.44. The summed E-state index contributed by atoms with van der Waals surface area (Å²) in [5.74, 6) is -0.849. The van der Waals surface area contributed by atoms with Crippen molar-refractivity contribution in [1.29, 1.82) is 5.26 Å². The van der Waals surface area contributed by atoms with Crippen molar-refractivity contribution >= 4 is 46.3 Å². The average molecular weight is 680 g/mol. The maximum Gasteiger partial charge on any atom is 0.322 e. The van der Waals surface area contributed by atoms with Crippen LogP contribution in [0.5, 0.6) is 0 Å². The number of likely N-dealkylation sites (tertiary alicyclic amines) is 1. The molecule has 3 aromatic carbocycles. The summed E-state index contributed by atoms with van der Waals surface area (Å²) in [7, 11) is 0. The van der Waals surface area contributed by atoms with Crippen LogP contribution in [-0.2, 0) is 21.7 Å². The molecule has 0 radical (unpaired) electrons. The molecule has 4 N–H and O–H groups in total. The highest BCUT2D eigenvalue weighted by Gasteiger charge is 2.44. The van der Waals surface area contributed by atoms with Gasteiger partial charge in [-0.25, -0.2) is 9.18 Å². The Labute approximate surface area is 282 Å². The molecule has 1 heterocycles. The number of nitriles is 1. The molecule has 4 atom stereocenters. The standard InChI is InChI=1S/C35H39ClFN5O4S/c1-34(2,3)47(46)41-35(16-15-22-7-8-22,24-6-4-5-23(17-24)20-38)25-9-14-29(37)30(18-25)40-32(44)31-19-28(43)21-42(31)33(45)39-27-12-10-26(36)11-13-27/h4-6,9-14,17-18,22,28,31,41,43H,7-8,15-16,19,21H2,1-3H3,(H,39,45)(H,40,44)/t28-,31+,35?,47-/m1/s1. The number of carbonyl (C=O) groups is 2. The second kappa shape index (κ2) is 14.2. The van der Waals surface area contributed by atoms with Crippen LogP contribution in [0.25, 0.3) is 0 Å². The molecule has 9 nitrogen and oxygen atoms in total. The lowest BCUT2D eigenvalue weighted by molar-refractivity contribution is -0.119. The molecular weight excluding hydrogens is 641 g/mol. The average Bonchev–Trinajstić information content (AvgIpc) is 3.79. The summed E-state index contributed by atoms with van der Waals surface area (Å²) in [5, 5.41) is 26.0. The first kappa shape index (κ1) is 34.7. The number of amides is 3. The van der Waals surface area contributed by atoms with Gasteiger partial charge in [0, 0.05) is 35.0 Å². The normalized spacial score (nSPS) is 19.8. The molecule has 1 saturated carbocycles. The van der Waals surface area contributed by atoms with E-state index in [2.05, 4.69) is 21.4 Å². The Hall–Kier alpha value is -3.66. The Morgan fingerprint density at radius 2 is 1.79 bits per heavy atom. The van der Waals surface area contributed by atoms with Crippen LogP contribution in [0.15, 0.2) is 66.7 Å². The van der Waals surface area contributed by atoms with Crippen molar-refractivity contribution in [2.24, 2.45) is 5.92 Å². The zero-order valence-electron chi connectivity index (χ0n) is 26.6. The van der Waals surface area contributed by atoms with Gasteiger partial charge in [0.05, 0.1) is 23.4 Å². The van der Waals surface area contributed by atoms with Gasteiger partial charge in [-0.2, -0.15) is 5.26 Å². The van der Waals surface area contributed by atoms with Crippen LogP contribution in [0.2, 0.25) is 5.02 Å². The van der Waals surface area contributed by atoms with E-state index >= 15 is 4.39 Å². The third-order valence-corrected chi connectivity index (χ3v) is 10.5. The number of nitrogens with one attached hydrogen (secondary N) is 3. The zero-order chi connectivity index (χ0) is 33.9. The van der Waals surface area contributed by atoms with Crippen molar-refractivity contribution in [2.75, 3.05) is 17.2 Å². The van der Waals surface area contributed by atoms with Gasteiger partial charge < -0.3 is 25.2 Å². The number of halogens is 2. The predicted molar refractivity (Wildman–Crippen MR) is 182 cm³/mol. The number of urea groups is 1. The van der Waals surface area contributed by atoms with E-state index in [0.29, 0.717) is 39.7 Å². The maximum atomic E-state index is 15.5. The van der Waals surface area contributed by atoms with Gasteiger partial charge in [0.25, 0.3) is 0 Å². The highest BCUT2D eigenvalue weighted by molar-refractivity contribution is 7.90. The summed E-state index contributed by atoms with van der Waals surface area (Å²) in [6, 6.07) is 18.4. The van der Waals surface area contributed by atoms with Gasteiger partial charge in [0.2, 0.25) is 5.91 Å². The Morgan fingerprint density at radius 1 is 1.09 bits per heavy atom. The highest BCUT2D eigenvalue weighted by Crippen LogP contribution is 2.43. The van der Waals surface area contributed by atoms with Crippen LogP contribution in [0.1, 0.15) is 69.6 Å². The third-order valence-electron chi connectivity index (χ3n) is 8.59. The molecule has 1 aliphatic carbocycles. The molecule has 47 heavy (non-hydrogen) atoms. The number of benzene rings is 3. The molecule has 5 rings (SSSR count). The van der Waals surface area contributed by atoms with Crippen LogP contribution in [0.4, 0.5) is 20.6 Å². The Morgan fingerprint density at radius 3 is 2.45 bits per heavy atom. The molecule has 1 aliphatic heterocycles. The number of carbonyl (C=O) groups excluding carboxylic acids is 2. The molecule has 2 aliphatic rings. The van der Waals surface area contributed by atoms with E-state index in [4.69, 9.17) is 11.6 Å². The van der Waals surface area contributed by atoms with Crippen LogP contribution in [0.3, 0.4) is 0 Å². The summed E-state index contributed by atoms with van der Waals surface area (Å²) >= 11 is 4.38. The van der Waals surface area contributed by atoms with E-state index in [1.54, 1.807) is 48.5 Å². The van der Waals surface area contributed by atoms with Crippen molar-refractivity contribution in [3.05, 3.63) is 94.3 Å². The molecule has 3 aromatic rings. The number of hydrogen-bond acceptors (Lipinski definition) is 6. The second-order valence-corrected chi connectivity index (χ2v) is 15.6. The SMILES string of the molecule is CC(C)(C)[S@@+]([O-])NC(CCC1CC1)(c1cccc(C#N)c1)c1ccc(F)c(NC(=O)[C@@H]2C[C@@H](O)CN2C(=O)Nc2ccc(Cl)cc2)c1. The van der Waals surface area contributed by atoms with Crippen molar-refractivity contribution in [2.45, 2.75) is 75.3 Å². The van der Waals surface area contributed by atoms with Gasteiger partial charge in [0.1, 0.15) is 22.1 Å². The summed E-state index contributed by atoms with van der Waals surface area (Å²) in [6.45, 7) is 5.49. The lowest BCUT2D eigenvalue weighted by atomic mass is 9.79. The minimum Gasteiger partial charge on any atom is -0.598 e. The summed E-state index contributed by atoms with van der Waals surface area (Å²) in [4.78, 5) is 28.0. The lowest BCUT2D eigenvalue weighted by Crippen LogP contribution is -2.52. The van der Waals surface area contributed by atoms with E-state index in [9.17, 15) is 24.5 Å². The number of nitrogens with zero attached hydrogens (tertiary/aromatic N) is 2. The number of anilines is 2. The first-order valence-electron chi connectivity index (χ1n) is 15.6. The largest absolute Gasteiger partial charge is 0.598 e. The summed E-state index contributed by atoms with van der Waals surface area (Å²) < 4.78 is 31.9. The van der Waals surface area contributed by atoms with Crippen LogP contribution >= 0.6 is 11.6 Å². The maximum absolute atomic E-state index is 15.5. The van der Waals surface area contributed by atoms with Gasteiger partial charge in [-0.15, -0.1) is 4.72 Å². The van der Waals surface area contributed by atoms with Gasteiger partial charge in [-0.3, -0.25) is 4.79 Å². The Kier molecular flexibility index (Phi) is 10.5. The van der Waals surface area contributed by atoms with E-state index in [-0.39, 0.29) is 18.7 Å². The minimum atomic E-state index is -1.57. The zero-order valence-corrected chi connectivity index (χ0v) is 28.1. The number of hydrogen-bond donors (Lipinski definition) is 4. The van der Waals surface area contributed by atoms with Crippen molar-refractivity contribution in [1.82, 2.24) is 9.62 Å². The number of aliphatic hydroxyl groups is 1. The number of β-amino-alcohol motifs (C(OH)–C–C–N with tert-alkyl or cyclic N) is 1. The molecule has 3 amide bonds. The Bertz CT molecular complexity index is 1660. The monoisotopic (exact) mass is 679 g/mol. The Balaban J connectivity index is 1.48. The van der Waals surface area contributed by atoms with Crippen molar-refractivity contribution in [3.63, 3.8) is 0 Å². The van der Waals surface area contributed by atoms with Crippen LogP contribution < -0.4 is 15.4 Å². The molecule has 0 spiro atoms. The van der Waals surface area contributed by atoms with E-state index < -0.39 is 51.5 Å². The fourth-order valence-electron chi connectivity index (χ4n) is 5.73. The summed E-state index contributed by atoms with van der Waals surface area (Å²) in [6.07, 6.45) is 2.53. The molecule has 0 bridgehead atoms. The fourth-order valence-corrected chi connectivity index (χ4v) is 6.82. The molecule has 1 saturated heterocycles. The van der Waals surface area contributed by atoms with Crippen LogP contribution in [-0.4, -0.2) is 49.9 Å². The second-order valence-electron chi connectivity index (χ2n) is 13.2. The minimum absolute atomic E-state index is 0.0282. The molecule has 2 fully saturated rings. The number of rotatable bonds is 10. The molecule has 248 valence electrons. The smallest absolute Gasteiger partial charge is 0.322 e. The van der Waals surface area contributed by atoms with Gasteiger partial charge >= 0.3 is 6.03 Å². The van der Waals surface area contributed by atoms with Crippen LogP contribution in [0, 0.1) is 23.1 Å². The van der Waals surface area contributed by atoms with E-state index in [1.165, 1.54) is 17.0 Å². The van der Waals surface area contributed by atoms with E-state index in [0.717, 1.165) is 19.3 Å². The molecule has 1 unspecified atom stereocenters. The first-order chi connectivity index (χ1) is 22.3. The molecule has 0 aromatic heterocycles. The van der Waals surface area contributed by atoms with Crippen molar-refractivity contribution in [3.8, 4) is 6.07 Å². The summed E-state index contributed by atoms with van der Waals surface area (Å²) in [5.41, 5.74) is 0.932. The fraction of sp³-hybridized carbons (Fsp3) is 0.400. The topological polar surface area (TPSA) is 141 Å². The number of aliphatic hydroxyl groups excluding tert-OH is 1. The molecular formula is C35H39ClFN5O4S. The first-order valence-corrected chi connectivity index (χ1v) is 17.1. The van der Waals surface area contributed by atoms with Gasteiger partial charge in [-0.1, -0.05) is 42.6 Å². The van der Waals surface area contributed by atoms with Gasteiger partial charge in [-0.05, 0) is 99.2 Å². The third kappa shape index (κ3) is 8.26. The van der Waals surface area contributed by atoms with Crippen molar-refractivity contribution < 1.29 is 23.6 Å². The lowest BCUT2D eigenvalue weighted by Gasteiger charge is -2.39. The quantitative estimate of drug-likeness (QED) is 0.182. The van der Waals surface area contributed by atoms with E-state index in [1.807, 2.05) is 26.8 Å². The van der Waals surface area contributed by atoms with Gasteiger partial charge in [0.15, 0.2) is 0 Å².